The summed E-state index contributed by atoms with van der Waals surface area (Å²) in [5, 5.41) is 0. The van der Waals surface area contributed by atoms with Gasteiger partial charge in [0, 0.05) is 6.92 Å². The van der Waals surface area contributed by atoms with Crippen LogP contribution in [0.3, 0.4) is 0 Å². The maximum atomic E-state index is 13.5. The van der Waals surface area contributed by atoms with E-state index in [9.17, 15) is 8.90 Å². The van der Waals surface area contributed by atoms with E-state index in [4.69, 9.17) is 4.74 Å². The number of halogens is 1. The summed E-state index contributed by atoms with van der Waals surface area (Å²) >= 11 is 0. The van der Waals surface area contributed by atoms with E-state index >= 15 is 0 Å². The lowest BCUT2D eigenvalue weighted by Crippen LogP contribution is -2.19. The van der Waals surface area contributed by atoms with Gasteiger partial charge in [-0.3, -0.25) is 4.79 Å². The fourth-order valence-corrected chi connectivity index (χ4v) is 3.48. The molecule has 1 unspecified atom stereocenters. The molecular formula is C17H27FO2Si. The molecule has 1 rings (SSSR count). The van der Waals surface area contributed by atoms with Crippen molar-refractivity contribution in [2.45, 2.75) is 64.3 Å². The largest absolute Gasteiger partial charge is 0.463 e. The molecule has 0 radical (unpaired) electrons. The third kappa shape index (κ3) is 9.40. The van der Waals surface area contributed by atoms with Gasteiger partial charge in [-0.2, -0.15) is 0 Å². The van der Waals surface area contributed by atoms with E-state index < -0.39 is 8.41 Å². The molecule has 1 atom stereocenters. The van der Waals surface area contributed by atoms with Crippen molar-refractivity contribution < 1.29 is 13.6 Å². The zero-order valence-corrected chi connectivity index (χ0v) is 14.4. The number of hydrogen-bond donors (Lipinski definition) is 0. The molecule has 118 valence electrons. The number of carbonyl (C=O) groups excluding carboxylic acids is 1. The number of rotatable bonds is 9. The van der Waals surface area contributed by atoms with E-state index in [1.165, 1.54) is 12.5 Å². The standard InChI is InChI=1S/C17H27FO2Si/c1-15(19)20-17(11-7-8-14-21(2,3)18)13-12-16-9-5-4-6-10-16/h4-6,9-10,17H,7-8,11-14H2,1-3H3. The van der Waals surface area contributed by atoms with Gasteiger partial charge in [0.2, 0.25) is 8.41 Å². The second-order valence-corrected chi connectivity index (χ2v) is 10.2. The zero-order valence-electron chi connectivity index (χ0n) is 13.4. The molecule has 4 heteroatoms. The molecule has 0 bridgehead atoms. The average Bonchev–Trinajstić information content (AvgIpc) is 2.40. The molecule has 0 aliphatic heterocycles. The number of unbranched alkanes of at least 4 members (excludes halogenated alkanes) is 1. The van der Waals surface area contributed by atoms with E-state index in [0.717, 1.165) is 32.1 Å². The van der Waals surface area contributed by atoms with Gasteiger partial charge >= 0.3 is 5.97 Å². The molecule has 0 heterocycles. The van der Waals surface area contributed by atoms with Crippen molar-refractivity contribution in [2.75, 3.05) is 0 Å². The van der Waals surface area contributed by atoms with Crippen molar-refractivity contribution in [1.82, 2.24) is 0 Å². The fourth-order valence-electron chi connectivity index (χ4n) is 2.39. The molecule has 0 saturated heterocycles. The molecule has 0 amide bonds. The van der Waals surface area contributed by atoms with Gasteiger partial charge in [0.05, 0.1) is 0 Å². The molecule has 0 N–H and O–H groups in total. The maximum Gasteiger partial charge on any atom is 0.302 e. The lowest BCUT2D eigenvalue weighted by Gasteiger charge is -2.18. The summed E-state index contributed by atoms with van der Waals surface area (Å²) in [7, 11) is -2.44. The molecule has 1 aromatic carbocycles. The maximum absolute atomic E-state index is 13.5. The summed E-state index contributed by atoms with van der Waals surface area (Å²) in [6.45, 7) is 4.94. The first-order chi connectivity index (χ1) is 9.87. The predicted molar refractivity (Wildman–Crippen MR) is 87.6 cm³/mol. The van der Waals surface area contributed by atoms with Crippen LogP contribution in [0.2, 0.25) is 19.1 Å². The van der Waals surface area contributed by atoms with Crippen LogP contribution >= 0.6 is 0 Å². The lowest BCUT2D eigenvalue weighted by atomic mass is 10.0. The van der Waals surface area contributed by atoms with Crippen LogP contribution in [-0.2, 0) is 16.0 Å². The van der Waals surface area contributed by atoms with Gasteiger partial charge in [-0.15, -0.1) is 0 Å². The monoisotopic (exact) mass is 310 g/mol. The van der Waals surface area contributed by atoms with Crippen LogP contribution in [0.1, 0.15) is 38.2 Å². The van der Waals surface area contributed by atoms with Gasteiger partial charge in [0.25, 0.3) is 0 Å². The summed E-state index contributed by atoms with van der Waals surface area (Å²) in [6.07, 6.45) is 4.33. The Bertz CT molecular complexity index is 415. The van der Waals surface area contributed by atoms with Crippen LogP contribution in [0.25, 0.3) is 0 Å². The zero-order chi connectivity index (χ0) is 15.7. The molecule has 0 aromatic heterocycles. The lowest BCUT2D eigenvalue weighted by molar-refractivity contribution is -0.147. The van der Waals surface area contributed by atoms with Crippen molar-refractivity contribution >= 4 is 14.4 Å². The first-order valence-electron chi connectivity index (χ1n) is 7.77. The molecule has 0 aliphatic carbocycles. The van der Waals surface area contributed by atoms with E-state index in [2.05, 4.69) is 12.1 Å². The van der Waals surface area contributed by atoms with E-state index in [0.29, 0.717) is 6.04 Å². The summed E-state index contributed by atoms with van der Waals surface area (Å²) in [6, 6.07) is 10.9. The van der Waals surface area contributed by atoms with Crippen molar-refractivity contribution in [2.24, 2.45) is 0 Å². The topological polar surface area (TPSA) is 26.3 Å². The summed E-state index contributed by atoms with van der Waals surface area (Å²) in [5.74, 6) is -0.228. The molecule has 0 saturated carbocycles. The number of hydrogen-bond acceptors (Lipinski definition) is 2. The predicted octanol–water partition coefficient (Wildman–Crippen LogP) is 4.90. The SMILES string of the molecule is CC(=O)OC(CCCC[Si](C)(C)F)CCc1ccccc1. The molecule has 1 aromatic rings. The highest BCUT2D eigenvalue weighted by Gasteiger charge is 2.20. The second-order valence-electron chi connectivity index (χ2n) is 6.22. The van der Waals surface area contributed by atoms with Gasteiger partial charge in [-0.05, 0) is 50.4 Å². The van der Waals surface area contributed by atoms with E-state index in [-0.39, 0.29) is 12.1 Å². The summed E-state index contributed by atoms with van der Waals surface area (Å²) in [5.41, 5.74) is 1.26. The smallest absolute Gasteiger partial charge is 0.302 e. The van der Waals surface area contributed by atoms with Crippen LogP contribution in [0.4, 0.5) is 4.11 Å². The first-order valence-corrected chi connectivity index (χ1v) is 10.9. The van der Waals surface area contributed by atoms with Crippen LogP contribution in [0, 0.1) is 0 Å². The first kappa shape index (κ1) is 17.9. The number of ether oxygens (including phenoxy) is 1. The third-order valence-corrected chi connectivity index (χ3v) is 5.02. The Morgan fingerprint density at radius 2 is 1.86 bits per heavy atom. The molecule has 0 aliphatic rings. The highest BCUT2D eigenvalue weighted by Crippen LogP contribution is 2.19. The number of esters is 1. The van der Waals surface area contributed by atoms with Gasteiger partial charge < -0.3 is 8.84 Å². The second kappa shape index (κ2) is 8.98. The van der Waals surface area contributed by atoms with Gasteiger partial charge in [-0.1, -0.05) is 36.8 Å². The minimum atomic E-state index is -2.44. The minimum absolute atomic E-state index is 0.0490. The fraction of sp³-hybridized carbons (Fsp3) is 0.588. The van der Waals surface area contributed by atoms with Gasteiger partial charge in [0.1, 0.15) is 6.10 Å². The van der Waals surface area contributed by atoms with Crippen LogP contribution in [0.15, 0.2) is 30.3 Å². The number of benzene rings is 1. The summed E-state index contributed by atoms with van der Waals surface area (Å²) < 4.78 is 18.9. The normalized spacial score (nSPS) is 13.0. The highest BCUT2D eigenvalue weighted by atomic mass is 28.4. The van der Waals surface area contributed by atoms with Gasteiger partial charge in [-0.25, -0.2) is 0 Å². The van der Waals surface area contributed by atoms with Crippen LogP contribution in [-0.4, -0.2) is 20.5 Å². The minimum Gasteiger partial charge on any atom is -0.463 e. The van der Waals surface area contributed by atoms with Gasteiger partial charge in [0.15, 0.2) is 0 Å². The van der Waals surface area contributed by atoms with Crippen molar-refractivity contribution in [3.63, 3.8) is 0 Å². The van der Waals surface area contributed by atoms with Crippen LogP contribution < -0.4 is 0 Å². The molecule has 2 nitrogen and oxygen atoms in total. The Hall–Kier alpha value is -1.16. The highest BCUT2D eigenvalue weighted by molar-refractivity contribution is 6.70. The molecular weight excluding hydrogens is 283 g/mol. The Labute approximate surface area is 128 Å². The Morgan fingerprint density at radius 1 is 1.19 bits per heavy atom. The number of carbonyl (C=O) groups is 1. The Balaban J connectivity index is 2.35. The van der Waals surface area contributed by atoms with Crippen molar-refractivity contribution in [3.05, 3.63) is 35.9 Å². The Morgan fingerprint density at radius 3 is 2.43 bits per heavy atom. The molecule has 0 fully saturated rings. The number of aryl methyl sites for hydroxylation is 1. The third-order valence-electron chi connectivity index (χ3n) is 3.48. The average molecular weight is 310 g/mol. The molecule has 21 heavy (non-hydrogen) atoms. The van der Waals surface area contributed by atoms with E-state index in [1.807, 2.05) is 18.2 Å². The Kier molecular flexibility index (Phi) is 7.65. The van der Waals surface area contributed by atoms with E-state index in [1.54, 1.807) is 13.1 Å². The van der Waals surface area contributed by atoms with Crippen molar-refractivity contribution in [1.29, 1.82) is 0 Å². The molecule has 0 spiro atoms. The summed E-state index contributed by atoms with van der Waals surface area (Å²) in [4.78, 5) is 11.2. The quantitative estimate of drug-likeness (QED) is 0.281. The van der Waals surface area contributed by atoms with Crippen LogP contribution in [0.5, 0.6) is 0 Å². The van der Waals surface area contributed by atoms with Crippen molar-refractivity contribution in [3.8, 4) is 0 Å².